The first-order chi connectivity index (χ1) is 10.2. The van der Waals surface area contributed by atoms with Gasteiger partial charge in [-0.2, -0.15) is 8.78 Å². The van der Waals surface area contributed by atoms with Gasteiger partial charge in [0.25, 0.3) is 0 Å². The number of fused-ring (bicyclic) bond motifs is 1. The fourth-order valence-electron chi connectivity index (χ4n) is 2.42. The zero-order chi connectivity index (χ0) is 15.2. The van der Waals surface area contributed by atoms with Gasteiger partial charge >= 0.3 is 6.55 Å². The van der Waals surface area contributed by atoms with Crippen molar-refractivity contribution < 1.29 is 13.9 Å². The van der Waals surface area contributed by atoms with Crippen molar-refractivity contribution in [3.05, 3.63) is 30.1 Å². The Hall–Kier alpha value is -1.53. The van der Waals surface area contributed by atoms with E-state index in [9.17, 15) is 8.78 Å². The maximum atomic E-state index is 13.3. The van der Waals surface area contributed by atoms with Crippen LogP contribution in [-0.4, -0.2) is 39.3 Å². The minimum Gasteiger partial charge on any atom is -0.395 e. The molecule has 116 valence electrons. The lowest BCUT2D eigenvalue weighted by atomic mass is 10.3. The van der Waals surface area contributed by atoms with Gasteiger partial charge in [0, 0.05) is 6.54 Å². The van der Waals surface area contributed by atoms with Crippen LogP contribution in [0.1, 0.15) is 32.1 Å². The first-order valence-corrected chi connectivity index (χ1v) is 7.24. The predicted octanol–water partition coefficient (Wildman–Crippen LogP) is 3.03. The molecule has 0 aliphatic heterocycles. The largest absolute Gasteiger partial charge is 0.395 e. The monoisotopic (exact) mass is 297 g/mol. The molecule has 0 aliphatic rings. The van der Waals surface area contributed by atoms with E-state index in [0.717, 1.165) is 24.0 Å². The number of hydrogen-bond acceptors (Lipinski definition) is 3. The maximum absolute atomic E-state index is 13.3. The van der Waals surface area contributed by atoms with Gasteiger partial charge in [0.2, 0.25) is 0 Å². The summed E-state index contributed by atoms with van der Waals surface area (Å²) in [5, 5.41) is 9.12. The number of alkyl halides is 2. The fraction of sp³-hybridized carbons (Fsp3) is 0.533. The van der Waals surface area contributed by atoms with E-state index in [0.29, 0.717) is 29.9 Å². The SMILES string of the molecule is CCCCN(CCO)Cc1nc2ccccc2n1C(F)F. The molecule has 0 saturated heterocycles. The summed E-state index contributed by atoms with van der Waals surface area (Å²) < 4.78 is 27.6. The third-order valence-corrected chi connectivity index (χ3v) is 3.47. The number of halogens is 2. The molecule has 4 nitrogen and oxygen atoms in total. The molecule has 0 radical (unpaired) electrons. The van der Waals surface area contributed by atoms with Crippen LogP contribution < -0.4 is 0 Å². The Kier molecular flexibility index (Phi) is 5.64. The third kappa shape index (κ3) is 3.77. The summed E-state index contributed by atoms with van der Waals surface area (Å²) in [5.41, 5.74) is 1.02. The van der Waals surface area contributed by atoms with Crippen LogP contribution in [0.4, 0.5) is 8.78 Å². The smallest absolute Gasteiger partial charge is 0.320 e. The van der Waals surface area contributed by atoms with Crippen LogP contribution in [-0.2, 0) is 6.54 Å². The number of aliphatic hydroxyl groups is 1. The number of aromatic nitrogens is 2. The Morgan fingerprint density at radius 1 is 1.29 bits per heavy atom. The third-order valence-electron chi connectivity index (χ3n) is 3.47. The number of para-hydroxylation sites is 2. The fourth-order valence-corrected chi connectivity index (χ4v) is 2.42. The quantitative estimate of drug-likeness (QED) is 0.814. The molecule has 2 aromatic rings. The van der Waals surface area contributed by atoms with Gasteiger partial charge in [0.15, 0.2) is 0 Å². The van der Waals surface area contributed by atoms with Gasteiger partial charge in [0.05, 0.1) is 24.2 Å². The Morgan fingerprint density at radius 2 is 2.05 bits per heavy atom. The Balaban J connectivity index is 2.28. The molecule has 0 fully saturated rings. The number of aliphatic hydroxyl groups excluding tert-OH is 1. The van der Waals surface area contributed by atoms with Crippen molar-refractivity contribution in [3.63, 3.8) is 0 Å². The molecular weight excluding hydrogens is 276 g/mol. The second kappa shape index (κ2) is 7.47. The van der Waals surface area contributed by atoms with E-state index < -0.39 is 6.55 Å². The van der Waals surface area contributed by atoms with Gasteiger partial charge < -0.3 is 5.11 Å². The molecular formula is C15H21F2N3O. The summed E-state index contributed by atoms with van der Waals surface area (Å²) in [6.45, 7) is 1.02. The van der Waals surface area contributed by atoms with Crippen LogP contribution in [0.3, 0.4) is 0 Å². The molecule has 2 rings (SSSR count). The number of unbranched alkanes of at least 4 members (excludes halogenated alkanes) is 1. The van der Waals surface area contributed by atoms with E-state index in [-0.39, 0.29) is 6.61 Å². The highest BCUT2D eigenvalue weighted by Crippen LogP contribution is 2.23. The van der Waals surface area contributed by atoms with Gasteiger partial charge in [-0.3, -0.25) is 9.47 Å². The normalized spacial score (nSPS) is 11.9. The van der Waals surface area contributed by atoms with E-state index in [2.05, 4.69) is 11.9 Å². The molecule has 1 aromatic heterocycles. The lowest BCUT2D eigenvalue weighted by Gasteiger charge is -2.21. The van der Waals surface area contributed by atoms with E-state index in [1.807, 2.05) is 4.90 Å². The Morgan fingerprint density at radius 3 is 2.71 bits per heavy atom. The molecule has 0 spiro atoms. The number of benzene rings is 1. The van der Waals surface area contributed by atoms with Crippen molar-refractivity contribution >= 4 is 11.0 Å². The van der Waals surface area contributed by atoms with Crippen molar-refractivity contribution in [2.75, 3.05) is 19.7 Å². The second-order valence-corrected chi connectivity index (χ2v) is 5.02. The van der Waals surface area contributed by atoms with Gasteiger partial charge in [-0.05, 0) is 25.1 Å². The molecule has 0 saturated carbocycles. The zero-order valence-corrected chi connectivity index (χ0v) is 12.2. The van der Waals surface area contributed by atoms with Crippen molar-refractivity contribution in [2.24, 2.45) is 0 Å². The predicted molar refractivity (Wildman–Crippen MR) is 78.3 cm³/mol. The van der Waals surface area contributed by atoms with Crippen LogP contribution in [0.2, 0.25) is 0 Å². The van der Waals surface area contributed by atoms with Crippen LogP contribution in [0.5, 0.6) is 0 Å². The number of hydrogen-bond donors (Lipinski definition) is 1. The highest BCUT2D eigenvalue weighted by Gasteiger charge is 2.19. The summed E-state index contributed by atoms with van der Waals surface area (Å²) in [7, 11) is 0. The van der Waals surface area contributed by atoms with E-state index in [1.54, 1.807) is 24.3 Å². The average Bonchev–Trinajstić information content (AvgIpc) is 2.82. The van der Waals surface area contributed by atoms with Crippen LogP contribution in [0.15, 0.2) is 24.3 Å². The molecule has 6 heteroatoms. The summed E-state index contributed by atoms with van der Waals surface area (Å²) in [4.78, 5) is 6.29. The molecule has 1 heterocycles. The van der Waals surface area contributed by atoms with Gasteiger partial charge in [-0.25, -0.2) is 4.98 Å². The average molecular weight is 297 g/mol. The molecule has 1 N–H and O–H groups in total. The summed E-state index contributed by atoms with van der Waals surface area (Å²) in [5.74, 6) is 0.343. The first kappa shape index (κ1) is 15.9. The molecule has 0 atom stereocenters. The summed E-state index contributed by atoms with van der Waals surface area (Å²) in [6.07, 6.45) is 1.99. The summed E-state index contributed by atoms with van der Waals surface area (Å²) in [6, 6.07) is 6.91. The van der Waals surface area contributed by atoms with Crippen LogP contribution >= 0.6 is 0 Å². The first-order valence-electron chi connectivity index (χ1n) is 7.24. The summed E-state index contributed by atoms with van der Waals surface area (Å²) >= 11 is 0. The van der Waals surface area contributed by atoms with E-state index >= 15 is 0 Å². The van der Waals surface area contributed by atoms with E-state index in [4.69, 9.17) is 5.11 Å². The molecule has 0 unspecified atom stereocenters. The number of rotatable bonds is 8. The second-order valence-electron chi connectivity index (χ2n) is 5.02. The Bertz CT molecular complexity index is 571. The van der Waals surface area contributed by atoms with Crippen molar-refractivity contribution in [3.8, 4) is 0 Å². The topological polar surface area (TPSA) is 41.3 Å². The zero-order valence-electron chi connectivity index (χ0n) is 12.2. The highest BCUT2D eigenvalue weighted by molar-refractivity contribution is 5.75. The number of imidazole rings is 1. The van der Waals surface area contributed by atoms with Gasteiger partial charge in [0.1, 0.15) is 5.82 Å². The van der Waals surface area contributed by atoms with Gasteiger partial charge in [-0.15, -0.1) is 0 Å². The number of nitrogens with zero attached hydrogens (tertiary/aromatic N) is 3. The molecule has 0 amide bonds. The molecule has 0 aliphatic carbocycles. The van der Waals surface area contributed by atoms with Crippen LogP contribution in [0.25, 0.3) is 11.0 Å². The maximum Gasteiger partial charge on any atom is 0.320 e. The van der Waals surface area contributed by atoms with Crippen molar-refractivity contribution in [2.45, 2.75) is 32.9 Å². The minimum atomic E-state index is -2.62. The lowest BCUT2D eigenvalue weighted by molar-refractivity contribution is 0.0676. The minimum absolute atomic E-state index is 0.0125. The standard InChI is InChI=1S/C15H21F2N3O/c1-2-3-8-19(9-10-21)11-14-18-12-6-4-5-7-13(12)20(14)15(16)17/h4-7,15,21H,2-3,8-11H2,1H3. The highest BCUT2D eigenvalue weighted by atomic mass is 19.3. The van der Waals surface area contributed by atoms with E-state index in [1.165, 1.54) is 0 Å². The molecule has 1 aromatic carbocycles. The van der Waals surface area contributed by atoms with Crippen LogP contribution in [0, 0.1) is 0 Å². The molecule has 0 bridgehead atoms. The molecule has 21 heavy (non-hydrogen) atoms. The Labute approximate surface area is 123 Å². The lowest BCUT2D eigenvalue weighted by Crippen LogP contribution is -2.29. The van der Waals surface area contributed by atoms with Gasteiger partial charge in [-0.1, -0.05) is 25.5 Å². The van der Waals surface area contributed by atoms with Crippen molar-refractivity contribution in [1.82, 2.24) is 14.5 Å². The van der Waals surface area contributed by atoms with Crippen molar-refractivity contribution in [1.29, 1.82) is 0 Å².